The van der Waals surface area contributed by atoms with Crippen LogP contribution in [0, 0.1) is 0 Å². The molecule has 0 spiro atoms. The Morgan fingerprint density at radius 2 is 2.30 bits per heavy atom. The molecule has 5 nitrogen and oxygen atoms in total. The second-order valence-electron chi connectivity index (χ2n) is 1.33. The zero-order valence-electron chi connectivity index (χ0n) is 6.52. The Morgan fingerprint density at radius 3 is 2.60 bits per heavy atom. The monoisotopic (exact) mass is 179 g/mol. The van der Waals surface area contributed by atoms with Gasteiger partial charge in [-0.05, 0) is 0 Å². The molecular formula is C3H8NaO5S-. The number of rotatable bonds is 4. The van der Waals surface area contributed by atoms with Crippen LogP contribution < -0.4 is 29.6 Å². The number of hydrogen-bond donors (Lipinski definition) is 2. The molecule has 0 fully saturated rings. The average molecular weight is 179 g/mol. The third-order valence-corrected chi connectivity index (χ3v) is 0.896. The van der Waals surface area contributed by atoms with E-state index in [2.05, 4.69) is 4.18 Å². The second kappa shape index (κ2) is 8.09. The van der Waals surface area contributed by atoms with Crippen LogP contribution in [0.15, 0.2) is 0 Å². The Balaban J connectivity index is -0.000000320. The molecule has 58 valence electrons. The fraction of sp³-hybridized carbons (Fsp3) is 1.00. The normalized spacial score (nSPS) is 15.5. The SMILES string of the molecule is O=S([O-])OCC(O)CO.[H-].[Na+]. The van der Waals surface area contributed by atoms with Gasteiger partial charge in [-0.25, -0.2) is 4.21 Å². The van der Waals surface area contributed by atoms with Crippen LogP contribution in [0.25, 0.3) is 0 Å². The summed E-state index contributed by atoms with van der Waals surface area (Å²) in [6, 6.07) is 0. The quantitative estimate of drug-likeness (QED) is 0.334. The summed E-state index contributed by atoms with van der Waals surface area (Å²) >= 11 is -2.61. The molecule has 2 atom stereocenters. The average Bonchev–Trinajstić information content (AvgIpc) is 1.83. The topological polar surface area (TPSA) is 89.8 Å². The Morgan fingerprint density at radius 1 is 1.80 bits per heavy atom. The van der Waals surface area contributed by atoms with Gasteiger partial charge in [0, 0.05) is 0 Å². The molecule has 0 aromatic carbocycles. The van der Waals surface area contributed by atoms with Crippen LogP contribution in [-0.2, 0) is 15.5 Å². The molecule has 0 aromatic rings. The van der Waals surface area contributed by atoms with E-state index in [9.17, 15) is 8.76 Å². The molecular weight excluding hydrogens is 171 g/mol. The molecule has 10 heavy (non-hydrogen) atoms. The molecule has 7 heteroatoms. The fourth-order valence-corrected chi connectivity index (χ4v) is 0.455. The summed E-state index contributed by atoms with van der Waals surface area (Å²) in [5.74, 6) is 0. The zero-order chi connectivity index (χ0) is 7.28. The van der Waals surface area contributed by atoms with Crippen molar-refractivity contribution < 1.29 is 54.1 Å². The maximum Gasteiger partial charge on any atom is 1.00 e. The van der Waals surface area contributed by atoms with Crippen LogP contribution in [0.5, 0.6) is 0 Å². The third kappa shape index (κ3) is 8.99. The van der Waals surface area contributed by atoms with Crippen LogP contribution in [-0.4, -0.2) is 38.3 Å². The van der Waals surface area contributed by atoms with Crippen molar-refractivity contribution in [3.8, 4) is 0 Å². The smallest absolute Gasteiger partial charge is 1.00 e. The third-order valence-electron chi connectivity index (χ3n) is 0.567. The van der Waals surface area contributed by atoms with Gasteiger partial charge in [-0.15, -0.1) is 0 Å². The van der Waals surface area contributed by atoms with Crippen LogP contribution in [0.2, 0.25) is 0 Å². The Labute approximate surface area is 84.7 Å². The van der Waals surface area contributed by atoms with E-state index in [4.69, 9.17) is 10.2 Å². The molecule has 0 bridgehead atoms. The largest absolute Gasteiger partial charge is 1.00 e. The van der Waals surface area contributed by atoms with Crippen LogP contribution >= 0.6 is 0 Å². The van der Waals surface area contributed by atoms with Crippen molar-refractivity contribution in [2.24, 2.45) is 0 Å². The minimum Gasteiger partial charge on any atom is -1.00 e. The van der Waals surface area contributed by atoms with Gasteiger partial charge in [-0.1, -0.05) is 0 Å². The molecule has 0 aliphatic heterocycles. The van der Waals surface area contributed by atoms with Crippen molar-refractivity contribution in [2.45, 2.75) is 6.10 Å². The van der Waals surface area contributed by atoms with Crippen molar-refractivity contribution in [1.82, 2.24) is 0 Å². The van der Waals surface area contributed by atoms with Gasteiger partial charge in [0.05, 0.1) is 24.6 Å². The molecule has 2 N–H and O–H groups in total. The second-order valence-corrected chi connectivity index (χ2v) is 1.97. The number of aliphatic hydroxyl groups is 2. The minimum absolute atomic E-state index is 0. The summed E-state index contributed by atoms with van der Waals surface area (Å²) in [7, 11) is 0. The fourth-order valence-electron chi connectivity index (χ4n) is 0.187. The zero-order valence-corrected chi connectivity index (χ0v) is 8.34. The van der Waals surface area contributed by atoms with Crippen molar-refractivity contribution in [2.75, 3.05) is 13.2 Å². The van der Waals surface area contributed by atoms with Gasteiger partial charge >= 0.3 is 29.6 Å². The molecule has 0 aliphatic carbocycles. The standard InChI is InChI=1S/C3H8O5S.Na.H/c4-1-3(5)2-8-9(6)7;;/h3-5H,1-2H2,(H,6,7);;/q;+1;-1/p-1. The first kappa shape index (κ1) is 13.6. The molecule has 0 amide bonds. The van der Waals surface area contributed by atoms with Gasteiger partial charge in [0.15, 0.2) is 0 Å². The predicted molar refractivity (Wildman–Crippen MR) is 29.1 cm³/mol. The van der Waals surface area contributed by atoms with E-state index in [1.165, 1.54) is 0 Å². The number of aliphatic hydroxyl groups excluding tert-OH is 2. The van der Waals surface area contributed by atoms with Gasteiger partial charge in [-0.3, -0.25) is 4.18 Å². The van der Waals surface area contributed by atoms with E-state index in [0.717, 1.165) is 0 Å². The van der Waals surface area contributed by atoms with Gasteiger partial charge in [0.2, 0.25) is 0 Å². The maximum absolute atomic E-state index is 9.60. The maximum atomic E-state index is 9.60. The van der Waals surface area contributed by atoms with E-state index >= 15 is 0 Å². The van der Waals surface area contributed by atoms with Crippen molar-refractivity contribution in [3.05, 3.63) is 0 Å². The Hall–Kier alpha value is 0.990. The molecule has 0 rings (SSSR count). The Kier molecular flexibility index (Phi) is 11.0. The van der Waals surface area contributed by atoms with E-state index < -0.39 is 30.7 Å². The van der Waals surface area contributed by atoms with Crippen LogP contribution in [0.4, 0.5) is 0 Å². The van der Waals surface area contributed by atoms with Gasteiger partial charge in [-0.2, -0.15) is 0 Å². The molecule has 0 radical (unpaired) electrons. The molecule has 0 saturated heterocycles. The molecule has 0 heterocycles. The van der Waals surface area contributed by atoms with Crippen LogP contribution in [0.3, 0.4) is 0 Å². The summed E-state index contributed by atoms with van der Waals surface area (Å²) in [5.41, 5.74) is 0. The van der Waals surface area contributed by atoms with Gasteiger partial charge in [0.1, 0.15) is 6.10 Å². The van der Waals surface area contributed by atoms with Crippen molar-refractivity contribution in [1.29, 1.82) is 0 Å². The summed E-state index contributed by atoms with van der Waals surface area (Å²) in [4.78, 5) is 0. The van der Waals surface area contributed by atoms with E-state index in [1.54, 1.807) is 0 Å². The van der Waals surface area contributed by atoms with Crippen molar-refractivity contribution >= 4 is 11.4 Å². The first-order valence-corrected chi connectivity index (χ1v) is 3.18. The van der Waals surface area contributed by atoms with E-state index in [-0.39, 0.29) is 31.0 Å². The minimum atomic E-state index is -2.61. The molecule has 0 saturated carbocycles. The number of hydrogen-bond acceptors (Lipinski definition) is 5. The predicted octanol–water partition coefficient (Wildman–Crippen LogP) is -4.73. The first-order valence-electron chi connectivity index (χ1n) is 2.18. The van der Waals surface area contributed by atoms with E-state index in [0.29, 0.717) is 0 Å². The Bertz CT molecular complexity index is 104. The summed E-state index contributed by atoms with van der Waals surface area (Å²) < 4.78 is 23.1. The summed E-state index contributed by atoms with van der Waals surface area (Å²) in [6.45, 7) is -0.899. The molecule has 2 unspecified atom stereocenters. The van der Waals surface area contributed by atoms with Gasteiger partial charge < -0.3 is 16.2 Å². The molecule has 0 aliphatic rings. The first-order chi connectivity index (χ1) is 4.16. The van der Waals surface area contributed by atoms with E-state index in [1.807, 2.05) is 0 Å². The van der Waals surface area contributed by atoms with Crippen molar-refractivity contribution in [3.63, 3.8) is 0 Å². The van der Waals surface area contributed by atoms with Gasteiger partial charge in [0.25, 0.3) is 0 Å². The van der Waals surface area contributed by atoms with Crippen LogP contribution in [0.1, 0.15) is 1.43 Å². The summed E-state index contributed by atoms with van der Waals surface area (Å²) in [5, 5.41) is 16.6. The summed E-state index contributed by atoms with van der Waals surface area (Å²) in [6.07, 6.45) is -1.12. The molecule has 0 aromatic heterocycles.